The summed E-state index contributed by atoms with van der Waals surface area (Å²) in [4.78, 5) is 18.3. The van der Waals surface area contributed by atoms with Gasteiger partial charge in [-0.2, -0.15) is 0 Å². The van der Waals surface area contributed by atoms with Crippen LogP contribution in [0.1, 0.15) is 45.6 Å². The number of carbonyl (C=O) groups excluding carboxylic acids is 1. The number of benzene rings is 1. The summed E-state index contributed by atoms with van der Waals surface area (Å²) in [5.74, 6) is 2.42. The van der Waals surface area contributed by atoms with Gasteiger partial charge in [-0.3, -0.25) is 9.79 Å². The van der Waals surface area contributed by atoms with E-state index >= 15 is 0 Å². The van der Waals surface area contributed by atoms with E-state index < -0.39 is 0 Å². The molecule has 1 aliphatic heterocycles. The Hall–Kier alpha value is -2.24. The van der Waals surface area contributed by atoms with E-state index in [9.17, 15) is 4.79 Å². The smallest absolute Gasteiger partial charge is 0.225 e. The summed E-state index contributed by atoms with van der Waals surface area (Å²) in [7, 11) is 1.76. The Morgan fingerprint density at radius 1 is 1.26 bits per heavy atom. The van der Waals surface area contributed by atoms with E-state index in [1.807, 2.05) is 30.9 Å². The Balaban J connectivity index is 1.69. The summed E-state index contributed by atoms with van der Waals surface area (Å²) in [6.07, 6.45) is 0.942. The molecule has 1 aromatic carbocycles. The highest BCUT2D eigenvalue weighted by atomic mass is 16.5. The Bertz CT molecular complexity index is 626. The first-order chi connectivity index (χ1) is 12.9. The van der Waals surface area contributed by atoms with Crippen LogP contribution in [-0.4, -0.2) is 56.1 Å². The molecular weight excluding hydrogens is 340 g/mol. The molecule has 1 amide bonds. The van der Waals surface area contributed by atoms with Crippen molar-refractivity contribution in [2.24, 2.45) is 10.9 Å². The molecule has 1 unspecified atom stereocenters. The van der Waals surface area contributed by atoms with Crippen molar-refractivity contribution < 1.29 is 9.53 Å². The highest BCUT2D eigenvalue weighted by Crippen LogP contribution is 2.18. The minimum absolute atomic E-state index is 0.0490. The number of likely N-dealkylation sites (tertiary alicyclic amines) is 1. The van der Waals surface area contributed by atoms with Gasteiger partial charge in [-0.15, -0.1) is 0 Å². The summed E-state index contributed by atoms with van der Waals surface area (Å²) in [6, 6.07) is 8.49. The quantitative estimate of drug-likeness (QED) is 0.437. The molecule has 0 aliphatic carbocycles. The lowest BCUT2D eigenvalue weighted by atomic mass is 10.0. The molecule has 1 aliphatic rings. The van der Waals surface area contributed by atoms with Crippen molar-refractivity contribution >= 4 is 11.9 Å². The van der Waals surface area contributed by atoms with Crippen molar-refractivity contribution in [2.75, 3.05) is 33.3 Å². The molecule has 0 radical (unpaired) electrons. The van der Waals surface area contributed by atoms with Gasteiger partial charge in [-0.25, -0.2) is 0 Å². The first-order valence-electron chi connectivity index (χ1n) is 9.89. The maximum absolute atomic E-state index is 12.1. The van der Waals surface area contributed by atoms with Gasteiger partial charge in [0.15, 0.2) is 5.96 Å². The van der Waals surface area contributed by atoms with Crippen molar-refractivity contribution in [3.63, 3.8) is 0 Å². The number of nitrogens with zero attached hydrogens (tertiary/aromatic N) is 2. The van der Waals surface area contributed by atoms with Gasteiger partial charge in [-0.1, -0.05) is 39.8 Å². The lowest BCUT2D eigenvalue weighted by molar-refractivity contribution is -0.133. The maximum Gasteiger partial charge on any atom is 0.225 e. The second-order valence-electron chi connectivity index (χ2n) is 7.64. The van der Waals surface area contributed by atoms with Crippen molar-refractivity contribution in [1.82, 2.24) is 15.5 Å². The first kappa shape index (κ1) is 21.1. The zero-order chi connectivity index (χ0) is 19.8. The molecule has 0 aromatic heterocycles. The lowest BCUT2D eigenvalue weighted by Gasteiger charge is -2.20. The zero-order valence-electron chi connectivity index (χ0n) is 17.3. The number of carbonyl (C=O) groups is 1. The topological polar surface area (TPSA) is 66.0 Å². The zero-order valence-corrected chi connectivity index (χ0v) is 17.3. The lowest BCUT2D eigenvalue weighted by Crippen LogP contribution is -2.46. The van der Waals surface area contributed by atoms with Crippen molar-refractivity contribution in [3.05, 3.63) is 29.8 Å². The van der Waals surface area contributed by atoms with Gasteiger partial charge in [0.25, 0.3) is 0 Å². The predicted molar refractivity (Wildman–Crippen MR) is 110 cm³/mol. The highest BCUT2D eigenvalue weighted by Gasteiger charge is 2.27. The predicted octanol–water partition coefficient (Wildman–Crippen LogP) is 2.61. The molecule has 1 atom stereocenters. The van der Waals surface area contributed by atoms with Crippen LogP contribution in [0, 0.1) is 5.92 Å². The minimum Gasteiger partial charge on any atom is -0.492 e. The standard InChI is InChI=1S/C21H34N4O2/c1-15(2)17-6-8-19(9-7-17)27-13-11-23-21(22-5)24-18-10-12-25(14-18)20(26)16(3)4/h6-9,15-16,18H,10-14H2,1-5H3,(H2,22,23,24). The minimum atomic E-state index is 0.0490. The van der Waals surface area contributed by atoms with Crippen LogP contribution in [0.25, 0.3) is 0 Å². The molecular formula is C21H34N4O2. The molecule has 0 bridgehead atoms. The SMILES string of the molecule is CN=C(NCCOc1ccc(C(C)C)cc1)NC1CCN(C(=O)C(C)C)C1. The van der Waals surface area contributed by atoms with E-state index in [1.165, 1.54) is 5.56 Å². The van der Waals surface area contributed by atoms with E-state index in [-0.39, 0.29) is 17.9 Å². The monoisotopic (exact) mass is 374 g/mol. The number of guanidine groups is 1. The van der Waals surface area contributed by atoms with Crippen molar-refractivity contribution in [2.45, 2.75) is 46.1 Å². The van der Waals surface area contributed by atoms with Crippen LogP contribution in [0.3, 0.4) is 0 Å². The van der Waals surface area contributed by atoms with Gasteiger partial charge in [0.1, 0.15) is 12.4 Å². The van der Waals surface area contributed by atoms with Crippen LogP contribution in [0.5, 0.6) is 5.75 Å². The molecule has 150 valence electrons. The normalized spacial score (nSPS) is 17.5. The van der Waals surface area contributed by atoms with Crippen LogP contribution in [0.2, 0.25) is 0 Å². The Morgan fingerprint density at radius 2 is 1.96 bits per heavy atom. The van der Waals surface area contributed by atoms with E-state index in [2.05, 4.69) is 41.6 Å². The van der Waals surface area contributed by atoms with Crippen molar-refractivity contribution in [3.8, 4) is 5.75 Å². The Morgan fingerprint density at radius 3 is 2.56 bits per heavy atom. The summed E-state index contributed by atoms with van der Waals surface area (Å²) in [5, 5.41) is 6.67. The molecule has 1 aromatic rings. The summed E-state index contributed by atoms with van der Waals surface area (Å²) < 4.78 is 5.78. The van der Waals surface area contributed by atoms with Crippen LogP contribution >= 0.6 is 0 Å². The fourth-order valence-corrected chi connectivity index (χ4v) is 3.12. The number of hydrogen-bond donors (Lipinski definition) is 2. The van der Waals surface area contributed by atoms with Gasteiger partial charge < -0.3 is 20.3 Å². The third-order valence-corrected chi connectivity index (χ3v) is 4.77. The van der Waals surface area contributed by atoms with E-state index in [4.69, 9.17) is 4.74 Å². The van der Waals surface area contributed by atoms with E-state index in [0.717, 1.165) is 31.2 Å². The van der Waals surface area contributed by atoms with Crippen LogP contribution < -0.4 is 15.4 Å². The second kappa shape index (κ2) is 10.2. The summed E-state index contributed by atoms with van der Waals surface area (Å²) in [5.41, 5.74) is 1.31. The molecule has 27 heavy (non-hydrogen) atoms. The molecule has 1 fully saturated rings. The van der Waals surface area contributed by atoms with Crippen LogP contribution in [-0.2, 0) is 4.79 Å². The number of amides is 1. The summed E-state index contributed by atoms with van der Waals surface area (Å²) in [6.45, 7) is 11.0. The Labute approximate surface area is 163 Å². The van der Waals surface area contributed by atoms with Crippen LogP contribution in [0.15, 0.2) is 29.3 Å². The van der Waals surface area contributed by atoms with Gasteiger partial charge in [0.05, 0.1) is 6.54 Å². The maximum atomic E-state index is 12.1. The number of hydrogen-bond acceptors (Lipinski definition) is 3. The van der Waals surface area contributed by atoms with Gasteiger partial charge >= 0.3 is 0 Å². The Kier molecular flexibility index (Phi) is 7.95. The number of rotatable bonds is 7. The van der Waals surface area contributed by atoms with Crippen LogP contribution in [0.4, 0.5) is 0 Å². The molecule has 2 N–H and O–H groups in total. The van der Waals surface area contributed by atoms with Gasteiger partial charge in [0, 0.05) is 32.1 Å². The largest absolute Gasteiger partial charge is 0.492 e. The molecule has 1 heterocycles. The summed E-state index contributed by atoms with van der Waals surface area (Å²) >= 11 is 0. The van der Waals surface area contributed by atoms with E-state index in [0.29, 0.717) is 19.1 Å². The average Bonchev–Trinajstić information content (AvgIpc) is 3.12. The highest BCUT2D eigenvalue weighted by molar-refractivity contribution is 5.81. The molecule has 1 saturated heterocycles. The second-order valence-corrected chi connectivity index (χ2v) is 7.64. The fourth-order valence-electron chi connectivity index (χ4n) is 3.12. The molecule has 6 nitrogen and oxygen atoms in total. The average molecular weight is 375 g/mol. The third-order valence-electron chi connectivity index (χ3n) is 4.77. The first-order valence-corrected chi connectivity index (χ1v) is 9.89. The number of ether oxygens (including phenoxy) is 1. The molecule has 0 saturated carbocycles. The van der Waals surface area contributed by atoms with Gasteiger partial charge in [-0.05, 0) is 30.0 Å². The molecule has 2 rings (SSSR count). The molecule has 0 spiro atoms. The number of aliphatic imine (C=N–C) groups is 1. The molecule has 6 heteroatoms. The fraction of sp³-hybridized carbons (Fsp3) is 0.619. The van der Waals surface area contributed by atoms with E-state index in [1.54, 1.807) is 7.05 Å². The van der Waals surface area contributed by atoms with Gasteiger partial charge in [0.2, 0.25) is 5.91 Å². The van der Waals surface area contributed by atoms with Crippen molar-refractivity contribution in [1.29, 1.82) is 0 Å². The number of nitrogens with one attached hydrogen (secondary N) is 2. The third kappa shape index (κ3) is 6.45.